The molecule has 5 aromatic rings. The van der Waals surface area contributed by atoms with E-state index in [2.05, 4.69) is 4.99 Å². The highest BCUT2D eigenvalue weighted by Crippen LogP contribution is 2.32. The number of carbonyl (C=O) groups is 1. The zero-order valence-electron chi connectivity index (χ0n) is 24.5. The average molecular weight is 622 g/mol. The lowest BCUT2D eigenvalue weighted by molar-refractivity contribution is -0.384. The van der Waals surface area contributed by atoms with E-state index in [-0.39, 0.29) is 23.4 Å². The minimum absolute atomic E-state index is 0.0754. The van der Waals surface area contributed by atoms with E-state index in [1.54, 1.807) is 62.2 Å². The van der Waals surface area contributed by atoms with Gasteiger partial charge in [0.1, 0.15) is 11.4 Å². The highest BCUT2D eigenvalue weighted by molar-refractivity contribution is 7.07. The Balaban J connectivity index is 1.56. The van der Waals surface area contributed by atoms with Crippen LogP contribution in [0.25, 0.3) is 23.0 Å². The van der Waals surface area contributed by atoms with Crippen molar-refractivity contribution in [1.82, 2.24) is 14.3 Å². The number of carbonyl (C=O) groups excluding carboxylic acids is 1. The van der Waals surface area contributed by atoms with Gasteiger partial charge >= 0.3 is 5.97 Å². The standard InChI is InChI=1S/C33H27N5O6S/c1-4-44-32(40)28-20(2)34-33-37(30(28)21-13-15-26(43-3)16-14-21)31(39)27(45-33)18-23-19-36(24-10-6-5-7-11-24)35-29(23)22-9-8-12-25(17-22)38(41)42/h5-19,30H,4H2,1-3H3/b27-18+/t30-/m1/s1. The summed E-state index contributed by atoms with van der Waals surface area (Å²) in [7, 11) is 1.56. The van der Waals surface area contributed by atoms with Crippen molar-refractivity contribution in [2.75, 3.05) is 13.7 Å². The van der Waals surface area contributed by atoms with Crippen LogP contribution in [0, 0.1) is 10.1 Å². The van der Waals surface area contributed by atoms with Gasteiger partial charge in [-0.25, -0.2) is 14.5 Å². The summed E-state index contributed by atoms with van der Waals surface area (Å²) in [6, 6.07) is 22.0. The van der Waals surface area contributed by atoms with Crippen molar-refractivity contribution in [2.45, 2.75) is 19.9 Å². The van der Waals surface area contributed by atoms with E-state index in [1.165, 1.54) is 28.0 Å². The second kappa shape index (κ2) is 12.2. The molecule has 0 aliphatic carbocycles. The molecule has 0 unspecified atom stereocenters. The molecular weight excluding hydrogens is 594 g/mol. The highest BCUT2D eigenvalue weighted by Gasteiger charge is 2.33. The fourth-order valence-corrected chi connectivity index (χ4v) is 6.27. The molecule has 0 fully saturated rings. The molecule has 3 aromatic carbocycles. The number of nitrogens with zero attached hydrogens (tertiary/aromatic N) is 5. The second-order valence-electron chi connectivity index (χ2n) is 10.1. The van der Waals surface area contributed by atoms with Gasteiger partial charge < -0.3 is 9.47 Å². The van der Waals surface area contributed by atoms with E-state index in [4.69, 9.17) is 14.6 Å². The minimum atomic E-state index is -0.781. The first kappa shape index (κ1) is 29.5. The number of fused-ring (bicyclic) bond motifs is 1. The molecule has 2 aromatic heterocycles. The summed E-state index contributed by atoms with van der Waals surface area (Å²) in [5.74, 6) is 0.0830. The number of benzene rings is 3. The molecule has 11 nitrogen and oxygen atoms in total. The quantitative estimate of drug-likeness (QED) is 0.141. The SMILES string of the molecule is CCOC(=O)C1=C(C)N=c2s/c(=C/c3cn(-c4ccccc4)nc3-c3cccc([N+](=O)[O-])c3)c(=O)n2[C@@H]1c1ccc(OC)cc1. The number of para-hydroxylation sites is 1. The van der Waals surface area contributed by atoms with Gasteiger partial charge in [0.2, 0.25) is 0 Å². The van der Waals surface area contributed by atoms with E-state index in [1.807, 2.05) is 42.5 Å². The second-order valence-corrected chi connectivity index (χ2v) is 11.1. The molecule has 12 heteroatoms. The van der Waals surface area contributed by atoms with Crippen molar-refractivity contribution >= 4 is 29.1 Å². The van der Waals surface area contributed by atoms with Crippen molar-refractivity contribution in [3.05, 3.63) is 137 Å². The summed E-state index contributed by atoms with van der Waals surface area (Å²) >= 11 is 1.18. The third-order valence-corrected chi connectivity index (χ3v) is 8.31. The van der Waals surface area contributed by atoms with Crippen LogP contribution in [0.4, 0.5) is 5.69 Å². The maximum absolute atomic E-state index is 14.2. The molecule has 0 bridgehead atoms. The number of esters is 1. The molecule has 1 atom stereocenters. The van der Waals surface area contributed by atoms with E-state index < -0.39 is 16.9 Å². The van der Waals surface area contributed by atoms with E-state index in [9.17, 15) is 19.7 Å². The van der Waals surface area contributed by atoms with Crippen molar-refractivity contribution in [3.63, 3.8) is 0 Å². The Kier molecular flexibility index (Phi) is 7.97. The zero-order chi connectivity index (χ0) is 31.7. The Morgan fingerprint density at radius 3 is 2.53 bits per heavy atom. The van der Waals surface area contributed by atoms with Crippen molar-refractivity contribution < 1.29 is 19.2 Å². The van der Waals surface area contributed by atoms with Gasteiger partial charge in [-0.1, -0.05) is 53.8 Å². The topological polar surface area (TPSA) is 131 Å². The fraction of sp³-hybridized carbons (Fsp3) is 0.152. The molecule has 1 aliphatic rings. The first-order chi connectivity index (χ1) is 21.8. The van der Waals surface area contributed by atoms with E-state index in [0.29, 0.717) is 43.2 Å². The first-order valence-electron chi connectivity index (χ1n) is 14.0. The van der Waals surface area contributed by atoms with Crippen LogP contribution < -0.4 is 19.6 Å². The van der Waals surface area contributed by atoms with Crippen LogP contribution in [-0.4, -0.2) is 39.0 Å². The third-order valence-electron chi connectivity index (χ3n) is 7.33. The highest BCUT2D eigenvalue weighted by atomic mass is 32.1. The predicted octanol–water partition coefficient (Wildman–Crippen LogP) is 4.57. The zero-order valence-corrected chi connectivity index (χ0v) is 25.4. The maximum atomic E-state index is 14.2. The van der Waals surface area contributed by atoms with Crippen molar-refractivity contribution in [3.8, 4) is 22.7 Å². The average Bonchev–Trinajstić information content (AvgIpc) is 3.61. The molecule has 0 saturated heterocycles. The summed E-state index contributed by atoms with van der Waals surface area (Å²) < 4.78 is 14.2. The van der Waals surface area contributed by atoms with Gasteiger partial charge in [-0.2, -0.15) is 5.10 Å². The Labute approximate surface area is 260 Å². The number of rotatable bonds is 8. The summed E-state index contributed by atoms with van der Waals surface area (Å²) in [6.45, 7) is 3.62. The number of nitro groups is 1. The molecule has 226 valence electrons. The number of hydrogen-bond acceptors (Lipinski definition) is 9. The maximum Gasteiger partial charge on any atom is 0.338 e. The molecule has 45 heavy (non-hydrogen) atoms. The third kappa shape index (κ3) is 5.58. The lowest BCUT2D eigenvalue weighted by Crippen LogP contribution is -2.39. The Morgan fingerprint density at radius 2 is 1.84 bits per heavy atom. The van der Waals surface area contributed by atoms with Gasteiger partial charge in [0, 0.05) is 29.5 Å². The summed E-state index contributed by atoms with van der Waals surface area (Å²) in [6.07, 6.45) is 3.48. The van der Waals surface area contributed by atoms with Gasteiger partial charge in [0.05, 0.1) is 46.2 Å². The Morgan fingerprint density at radius 1 is 1.09 bits per heavy atom. The molecule has 0 spiro atoms. The van der Waals surface area contributed by atoms with Crippen LogP contribution in [0.2, 0.25) is 0 Å². The lowest BCUT2D eigenvalue weighted by atomic mass is 9.96. The molecular formula is C33H27N5O6S. The Hall–Kier alpha value is -5.62. The molecule has 6 rings (SSSR count). The smallest absolute Gasteiger partial charge is 0.338 e. The summed E-state index contributed by atoms with van der Waals surface area (Å²) in [5.41, 5.74) is 3.32. The fourth-order valence-electron chi connectivity index (χ4n) is 5.23. The number of thiazole rings is 1. The summed E-state index contributed by atoms with van der Waals surface area (Å²) in [4.78, 5) is 43.6. The molecule has 3 heterocycles. The van der Waals surface area contributed by atoms with Crippen LogP contribution in [0.1, 0.15) is 31.0 Å². The van der Waals surface area contributed by atoms with Gasteiger partial charge in [-0.15, -0.1) is 0 Å². The number of hydrogen-bond donors (Lipinski definition) is 0. The number of allylic oxidation sites excluding steroid dienone is 1. The number of non-ortho nitro benzene ring substituents is 1. The van der Waals surface area contributed by atoms with Crippen molar-refractivity contribution in [2.24, 2.45) is 4.99 Å². The van der Waals surface area contributed by atoms with Gasteiger partial charge in [-0.3, -0.25) is 19.5 Å². The van der Waals surface area contributed by atoms with Crippen LogP contribution in [-0.2, 0) is 9.53 Å². The Bertz CT molecular complexity index is 2150. The number of aromatic nitrogens is 3. The predicted molar refractivity (Wildman–Crippen MR) is 169 cm³/mol. The molecule has 0 amide bonds. The number of methoxy groups -OCH3 is 1. The van der Waals surface area contributed by atoms with Crippen LogP contribution in [0.3, 0.4) is 0 Å². The first-order valence-corrected chi connectivity index (χ1v) is 14.8. The monoisotopic (exact) mass is 621 g/mol. The van der Waals surface area contributed by atoms with Gasteiger partial charge in [-0.05, 0) is 49.8 Å². The largest absolute Gasteiger partial charge is 0.497 e. The van der Waals surface area contributed by atoms with E-state index in [0.717, 1.165) is 5.69 Å². The van der Waals surface area contributed by atoms with Gasteiger partial charge in [0.25, 0.3) is 11.2 Å². The normalized spacial score (nSPS) is 14.6. The molecule has 0 N–H and O–H groups in total. The summed E-state index contributed by atoms with van der Waals surface area (Å²) in [5, 5.41) is 16.3. The molecule has 0 radical (unpaired) electrons. The van der Waals surface area contributed by atoms with Crippen LogP contribution in [0.15, 0.2) is 106 Å². The molecule has 0 saturated carbocycles. The number of ether oxygens (including phenoxy) is 2. The van der Waals surface area contributed by atoms with Crippen molar-refractivity contribution in [1.29, 1.82) is 0 Å². The molecule has 1 aliphatic heterocycles. The lowest BCUT2D eigenvalue weighted by Gasteiger charge is -2.24. The van der Waals surface area contributed by atoms with Crippen LogP contribution >= 0.6 is 11.3 Å². The van der Waals surface area contributed by atoms with Crippen LogP contribution in [0.5, 0.6) is 5.75 Å². The van der Waals surface area contributed by atoms with Gasteiger partial charge in [0.15, 0.2) is 4.80 Å². The minimum Gasteiger partial charge on any atom is -0.497 e. The number of nitro benzene ring substituents is 1. The van der Waals surface area contributed by atoms with E-state index >= 15 is 0 Å².